The van der Waals surface area contributed by atoms with Crippen LogP contribution in [-0.4, -0.2) is 28.7 Å². The summed E-state index contributed by atoms with van der Waals surface area (Å²) in [6.45, 7) is 5.13. The number of aryl methyl sites for hydroxylation is 1. The van der Waals surface area contributed by atoms with Crippen molar-refractivity contribution in [3.8, 4) is 18.1 Å². The molecule has 1 aliphatic rings. The highest BCUT2D eigenvalue weighted by atomic mass is 32.1. The van der Waals surface area contributed by atoms with Gasteiger partial charge in [-0.1, -0.05) is 59.7 Å². The minimum absolute atomic E-state index is 0.0503. The number of thiazole rings is 1. The first-order chi connectivity index (χ1) is 19.7. The fraction of sp³-hybridized carbons (Fsp3) is 0.194. The van der Waals surface area contributed by atoms with Crippen LogP contribution in [0.25, 0.3) is 16.8 Å². The van der Waals surface area contributed by atoms with E-state index in [0.29, 0.717) is 37.5 Å². The van der Waals surface area contributed by atoms with Crippen molar-refractivity contribution >= 4 is 39.8 Å². The van der Waals surface area contributed by atoms with Gasteiger partial charge in [0.15, 0.2) is 4.80 Å². The molecule has 0 bridgehead atoms. The van der Waals surface area contributed by atoms with E-state index in [-0.39, 0.29) is 24.5 Å². The van der Waals surface area contributed by atoms with Crippen molar-refractivity contribution in [2.24, 2.45) is 4.99 Å². The first-order valence-corrected chi connectivity index (χ1v) is 13.6. The summed E-state index contributed by atoms with van der Waals surface area (Å²) in [7, 11) is 0. The molecule has 0 saturated carbocycles. The Morgan fingerprint density at radius 2 is 2.00 bits per heavy atom. The summed E-state index contributed by atoms with van der Waals surface area (Å²) in [5.41, 5.74) is 1.52. The van der Waals surface area contributed by atoms with E-state index in [4.69, 9.17) is 15.9 Å². The SMILES string of the molecule is C#CCOc1ccc2ccccc2c1/C=c1/sc2n(c1=O)[C@@H](c1ccc(C)c([N+](=O)[O-])c1)C(C(=O)OCC)=C(C)N=2. The highest BCUT2D eigenvalue weighted by Crippen LogP contribution is 2.34. The standard InChI is InChI=1S/C31H25N3O6S/c1-5-15-40-25-14-13-20-9-7-8-10-22(20)23(25)17-26-29(35)33-28(21-12-11-18(3)24(16-21)34(37)38)27(30(36)39-6-2)19(4)32-31(33)41-26/h1,7-14,16-17,28H,6,15H2,2-4H3/b26-17+/t28-/m0/s1. The largest absolute Gasteiger partial charge is 0.480 e. The van der Waals surface area contributed by atoms with Gasteiger partial charge >= 0.3 is 5.97 Å². The van der Waals surface area contributed by atoms with Crippen LogP contribution >= 0.6 is 11.3 Å². The van der Waals surface area contributed by atoms with Gasteiger partial charge in [0.05, 0.1) is 33.4 Å². The number of nitro groups is 1. The Kier molecular flexibility index (Phi) is 7.55. The van der Waals surface area contributed by atoms with Crippen molar-refractivity contribution in [2.45, 2.75) is 26.8 Å². The molecule has 206 valence electrons. The topological polar surface area (TPSA) is 113 Å². The number of carbonyl (C=O) groups is 1. The number of rotatable bonds is 7. The summed E-state index contributed by atoms with van der Waals surface area (Å²) in [5.74, 6) is 2.34. The lowest BCUT2D eigenvalue weighted by atomic mass is 9.94. The summed E-state index contributed by atoms with van der Waals surface area (Å²) >= 11 is 1.15. The summed E-state index contributed by atoms with van der Waals surface area (Å²) in [5, 5.41) is 13.6. The molecule has 1 aromatic heterocycles. The summed E-state index contributed by atoms with van der Waals surface area (Å²) in [6, 6.07) is 15.1. The molecule has 3 aromatic carbocycles. The van der Waals surface area contributed by atoms with Crippen LogP contribution in [0.3, 0.4) is 0 Å². The molecular formula is C31H25N3O6S. The Labute approximate surface area is 238 Å². The molecule has 0 aliphatic carbocycles. The van der Waals surface area contributed by atoms with E-state index >= 15 is 0 Å². The Hall–Kier alpha value is -5.01. The number of carbonyl (C=O) groups excluding carboxylic acids is 1. The van der Waals surface area contributed by atoms with Crippen LogP contribution in [0.4, 0.5) is 5.69 Å². The number of benzene rings is 3. The predicted molar refractivity (Wildman–Crippen MR) is 157 cm³/mol. The minimum atomic E-state index is -0.976. The van der Waals surface area contributed by atoms with Gasteiger partial charge in [-0.15, -0.1) is 6.42 Å². The van der Waals surface area contributed by atoms with Crippen LogP contribution in [0.2, 0.25) is 0 Å². The number of aromatic nitrogens is 1. The van der Waals surface area contributed by atoms with Gasteiger partial charge in [0.1, 0.15) is 12.4 Å². The molecule has 1 atom stereocenters. The smallest absolute Gasteiger partial charge is 0.338 e. The zero-order valence-electron chi connectivity index (χ0n) is 22.5. The van der Waals surface area contributed by atoms with E-state index in [9.17, 15) is 19.7 Å². The van der Waals surface area contributed by atoms with Crippen LogP contribution in [0.15, 0.2) is 75.7 Å². The Morgan fingerprint density at radius 1 is 1.22 bits per heavy atom. The summed E-state index contributed by atoms with van der Waals surface area (Å²) < 4.78 is 12.9. The third-order valence-electron chi connectivity index (χ3n) is 6.78. The molecule has 4 aromatic rings. The number of nitro benzene ring substituents is 1. The van der Waals surface area contributed by atoms with Crippen molar-refractivity contribution in [3.63, 3.8) is 0 Å². The Bertz CT molecular complexity index is 1980. The fourth-order valence-electron chi connectivity index (χ4n) is 4.90. The molecule has 0 fully saturated rings. The van der Waals surface area contributed by atoms with E-state index in [1.54, 1.807) is 45.0 Å². The predicted octanol–water partition coefficient (Wildman–Crippen LogP) is 4.18. The van der Waals surface area contributed by atoms with Gasteiger partial charge in [-0.25, -0.2) is 9.79 Å². The van der Waals surface area contributed by atoms with Gasteiger partial charge in [-0.05, 0) is 49.2 Å². The molecule has 0 radical (unpaired) electrons. The quantitative estimate of drug-likeness (QED) is 0.143. The van der Waals surface area contributed by atoms with Gasteiger partial charge in [0, 0.05) is 17.2 Å². The zero-order chi connectivity index (χ0) is 29.3. The zero-order valence-corrected chi connectivity index (χ0v) is 23.4. The second-order valence-corrected chi connectivity index (χ2v) is 10.3. The molecule has 41 heavy (non-hydrogen) atoms. The van der Waals surface area contributed by atoms with E-state index in [1.807, 2.05) is 30.3 Å². The average molecular weight is 568 g/mol. The molecule has 0 amide bonds. The van der Waals surface area contributed by atoms with Crippen LogP contribution in [0.5, 0.6) is 5.75 Å². The lowest BCUT2D eigenvalue weighted by Gasteiger charge is -2.24. The van der Waals surface area contributed by atoms with Crippen LogP contribution in [0, 0.1) is 29.4 Å². The second-order valence-electron chi connectivity index (χ2n) is 9.30. The first-order valence-electron chi connectivity index (χ1n) is 12.8. The van der Waals surface area contributed by atoms with Crippen molar-refractivity contribution in [1.29, 1.82) is 0 Å². The maximum Gasteiger partial charge on any atom is 0.338 e. The van der Waals surface area contributed by atoms with Gasteiger partial charge in [-0.3, -0.25) is 19.5 Å². The van der Waals surface area contributed by atoms with Gasteiger partial charge in [0.25, 0.3) is 11.2 Å². The molecule has 5 rings (SSSR count). The molecule has 0 N–H and O–H groups in total. The van der Waals surface area contributed by atoms with Gasteiger partial charge in [-0.2, -0.15) is 0 Å². The molecule has 2 heterocycles. The van der Waals surface area contributed by atoms with Crippen molar-refractivity contribution in [3.05, 3.63) is 112 Å². The molecule has 0 unspecified atom stereocenters. The van der Waals surface area contributed by atoms with Gasteiger partial charge in [0.2, 0.25) is 0 Å². The molecule has 10 heteroatoms. The normalized spacial score (nSPS) is 14.8. The van der Waals surface area contributed by atoms with Crippen molar-refractivity contribution in [1.82, 2.24) is 4.57 Å². The number of ether oxygens (including phenoxy) is 2. The number of allylic oxidation sites excluding steroid dienone is 1. The Balaban J connectivity index is 1.79. The van der Waals surface area contributed by atoms with Crippen LogP contribution in [-0.2, 0) is 9.53 Å². The van der Waals surface area contributed by atoms with Crippen LogP contribution < -0.4 is 19.6 Å². The number of fused-ring (bicyclic) bond motifs is 2. The minimum Gasteiger partial charge on any atom is -0.480 e. The van der Waals surface area contributed by atoms with E-state index in [0.717, 1.165) is 22.1 Å². The fourth-order valence-corrected chi connectivity index (χ4v) is 5.93. The van der Waals surface area contributed by atoms with Crippen molar-refractivity contribution in [2.75, 3.05) is 13.2 Å². The number of hydrogen-bond acceptors (Lipinski definition) is 8. The van der Waals surface area contributed by atoms with Gasteiger partial charge < -0.3 is 9.47 Å². The molecule has 1 aliphatic heterocycles. The highest BCUT2D eigenvalue weighted by Gasteiger charge is 2.34. The van der Waals surface area contributed by atoms with E-state index in [1.165, 1.54) is 10.6 Å². The maximum absolute atomic E-state index is 14.1. The third kappa shape index (κ3) is 5.03. The lowest BCUT2D eigenvalue weighted by molar-refractivity contribution is -0.385. The number of hydrogen-bond donors (Lipinski definition) is 0. The lowest BCUT2D eigenvalue weighted by Crippen LogP contribution is -2.40. The second kappa shape index (κ2) is 11.2. The highest BCUT2D eigenvalue weighted by molar-refractivity contribution is 7.07. The average Bonchev–Trinajstić information content (AvgIpc) is 3.26. The number of esters is 1. The molecule has 0 saturated heterocycles. The first kappa shape index (κ1) is 27.6. The maximum atomic E-state index is 14.1. The van der Waals surface area contributed by atoms with E-state index in [2.05, 4.69) is 10.9 Å². The molecule has 9 nitrogen and oxygen atoms in total. The summed E-state index contributed by atoms with van der Waals surface area (Å²) in [6.07, 6.45) is 7.16. The molecular weight excluding hydrogens is 542 g/mol. The van der Waals surface area contributed by atoms with E-state index < -0.39 is 22.5 Å². The summed E-state index contributed by atoms with van der Waals surface area (Å²) in [4.78, 5) is 43.5. The van der Waals surface area contributed by atoms with Crippen molar-refractivity contribution < 1.29 is 19.2 Å². The monoisotopic (exact) mass is 567 g/mol. The third-order valence-corrected chi connectivity index (χ3v) is 7.76. The number of terminal acetylenes is 1. The molecule has 0 spiro atoms. The van der Waals surface area contributed by atoms with Crippen LogP contribution in [0.1, 0.15) is 36.6 Å². The Morgan fingerprint density at radius 3 is 2.73 bits per heavy atom. The number of nitrogens with zero attached hydrogens (tertiary/aromatic N) is 3.